The van der Waals surface area contributed by atoms with Crippen molar-refractivity contribution in [2.45, 2.75) is 0 Å². The van der Waals surface area contributed by atoms with Crippen molar-refractivity contribution in [3.05, 3.63) is 93.2 Å². The Labute approximate surface area is 236 Å². The minimum atomic E-state index is -0.529. The number of rotatable bonds is 5. The molecule has 4 N–H and O–H groups in total. The first-order valence-corrected chi connectivity index (χ1v) is 12.5. The quantitative estimate of drug-likeness (QED) is 0.203. The van der Waals surface area contributed by atoms with Gasteiger partial charge >= 0.3 is 0 Å². The zero-order valence-electron chi connectivity index (χ0n) is 22.2. The lowest BCUT2D eigenvalue weighted by Gasteiger charge is -2.17. The molecule has 210 valence electrons. The molecule has 0 unspecified atom stereocenters. The number of phenols is 4. The maximum atomic E-state index is 13.3. The molecule has 0 amide bonds. The molecule has 10 heteroatoms. The Morgan fingerprint density at radius 2 is 1.21 bits per heavy atom. The van der Waals surface area contributed by atoms with Crippen LogP contribution in [0, 0.1) is 0 Å². The molecular formula is C32H22O10. The highest BCUT2D eigenvalue weighted by molar-refractivity contribution is 6.01. The monoisotopic (exact) mass is 566 g/mol. The summed E-state index contributed by atoms with van der Waals surface area (Å²) >= 11 is 0. The number of aromatic hydroxyl groups is 4. The van der Waals surface area contributed by atoms with E-state index in [1.165, 1.54) is 50.6 Å². The van der Waals surface area contributed by atoms with Crippen molar-refractivity contribution >= 4 is 21.9 Å². The summed E-state index contributed by atoms with van der Waals surface area (Å²) in [6.45, 7) is 0. The Hall–Kier alpha value is -5.90. The first-order valence-electron chi connectivity index (χ1n) is 12.5. The lowest BCUT2D eigenvalue weighted by Crippen LogP contribution is -2.04. The van der Waals surface area contributed by atoms with Gasteiger partial charge in [0.15, 0.2) is 16.4 Å². The number of fused-ring (bicyclic) bond motifs is 2. The highest BCUT2D eigenvalue weighted by Gasteiger charge is 2.24. The fourth-order valence-electron chi connectivity index (χ4n) is 4.93. The second-order valence-electron chi connectivity index (χ2n) is 9.43. The Bertz CT molecular complexity index is 2140. The van der Waals surface area contributed by atoms with Crippen LogP contribution in [0.2, 0.25) is 0 Å². The lowest BCUT2D eigenvalue weighted by molar-refractivity contribution is 0.406. The van der Waals surface area contributed by atoms with Gasteiger partial charge in [-0.2, -0.15) is 0 Å². The van der Waals surface area contributed by atoms with E-state index in [1.807, 2.05) is 0 Å². The van der Waals surface area contributed by atoms with E-state index >= 15 is 0 Å². The number of methoxy groups -OCH3 is 2. The Balaban J connectivity index is 1.65. The van der Waals surface area contributed by atoms with E-state index < -0.39 is 16.6 Å². The molecule has 4 aromatic carbocycles. The fraction of sp³-hybridized carbons (Fsp3) is 0.0625. The molecule has 6 aromatic rings. The third kappa shape index (κ3) is 4.31. The maximum Gasteiger partial charge on any atom is 0.197 e. The summed E-state index contributed by atoms with van der Waals surface area (Å²) in [6, 6.07) is 17.0. The van der Waals surface area contributed by atoms with Gasteiger partial charge in [-0.15, -0.1) is 0 Å². The maximum absolute atomic E-state index is 13.3. The van der Waals surface area contributed by atoms with E-state index in [0.29, 0.717) is 22.4 Å². The van der Waals surface area contributed by atoms with E-state index in [2.05, 4.69) is 0 Å². The molecule has 2 heterocycles. The van der Waals surface area contributed by atoms with E-state index in [1.54, 1.807) is 30.3 Å². The predicted molar refractivity (Wildman–Crippen MR) is 155 cm³/mol. The second-order valence-corrected chi connectivity index (χ2v) is 9.43. The van der Waals surface area contributed by atoms with Gasteiger partial charge in [-0.05, 0) is 42.5 Å². The van der Waals surface area contributed by atoms with Crippen LogP contribution in [0.3, 0.4) is 0 Å². The van der Waals surface area contributed by atoms with Gasteiger partial charge in [-0.25, -0.2) is 0 Å². The molecule has 42 heavy (non-hydrogen) atoms. The molecule has 0 aliphatic rings. The van der Waals surface area contributed by atoms with Crippen LogP contribution < -0.4 is 20.3 Å². The minimum Gasteiger partial charge on any atom is -0.508 e. The molecule has 10 nitrogen and oxygen atoms in total. The van der Waals surface area contributed by atoms with Crippen LogP contribution in [0.25, 0.3) is 55.7 Å². The van der Waals surface area contributed by atoms with Crippen molar-refractivity contribution in [2.24, 2.45) is 0 Å². The summed E-state index contributed by atoms with van der Waals surface area (Å²) in [6.07, 6.45) is 0. The summed E-state index contributed by atoms with van der Waals surface area (Å²) in [5.74, 6) is -0.209. The summed E-state index contributed by atoms with van der Waals surface area (Å²) in [7, 11) is 2.84. The number of hydrogen-bond donors (Lipinski definition) is 4. The van der Waals surface area contributed by atoms with E-state index in [4.69, 9.17) is 18.3 Å². The molecule has 0 saturated heterocycles. The fourth-order valence-corrected chi connectivity index (χ4v) is 4.93. The molecule has 0 atom stereocenters. The summed E-state index contributed by atoms with van der Waals surface area (Å²) in [4.78, 5) is 26.2. The smallest absolute Gasteiger partial charge is 0.197 e. The van der Waals surface area contributed by atoms with Crippen molar-refractivity contribution in [2.75, 3.05) is 14.2 Å². The molecule has 0 spiro atoms. The highest BCUT2D eigenvalue weighted by Crippen LogP contribution is 2.46. The third-order valence-corrected chi connectivity index (χ3v) is 6.86. The van der Waals surface area contributed by atoms with E-state index in [9.17, 15) is 30.0 Å². The van der Waals surface area contributed by atoms with Gasteiger partial charge in [0.1, 0.15) is 62.4 Å². The van der Waals surface area contributed by atoms with Crippen LogP contribution in [0.15, 0.2) is 91.2 Å². The summed E-state index contributed by atoms with van der Waals surface area (Å²) < 4.78 is 23.3. The molecule has 0 aliphatic carbocycles. The van der Waals surface area contributed by atoms with Crippen LogP contribution in [0.5, 0.6) is 34.5 Å². The van der Waals surface area contributed by atoms with Gasteiger partial charge < -0.3 is 38.7 Å². The average molecular weight is 567 g/mol. The van der Waals surface area contributed by atoms with E-state index in [-0.39, 0.29) is 62.0 Å². The molecule has 0 saturated carbocycles. The molecule has 6 rings (SSSR count). The van der Waals surface area contributed by atoms with Gasteiger partial charge in [-0.1, -0.05) is 0 Å². The molecule has 0 aliphatic heterocycles. The number of ether oxygens (including phenoxy) is 2. The first-order chi connectivity index (χ1) is 20.2. The number of hydrogen-bond acceptors (Lipinski definition) is 10. The standard InChI is InChI=1S/C32H22O10/c1-39-24-8-5-16(26-12-21(36)30-20(35)10-18(34)11-28(30)41-26)9-19(24)29-27(40-2)14-23(38)31-22(37)13-25(42-32(29)31)15-3-6-17(33)7-4-15/h3-14,33-35,38H,1-2H3. The van der Waals surface area contributed by atoms with Gasteiger partial charge in [0.25, 0.3) is 0 Å². The van der Waals surface area contributed by atoms with Crippen molar-refractivity contribution in [1.82, 2.24) is 0 Å². The molecule has 0 bridgehead atoms. The zero-order valence-corrected chi connectivity index (χ0v) is 22.2. The average Bonchev–Trinajstić information content (AvgIpc) is 2.96. The molecule has 0 radical (unpaired) electrons. The van der Waals surface area contributed by atoms with Crippen LogP contribution in [0.4, 0.5) is 0 Å². The first kappa shape index (κ1) is 26.3. The van der Waals surface area contributed by atoms with Gasteiger partial charge in [0.2, 0.25) is 0 Å². The largest absolute Gasteiger partial charge is 0.508 e. The van der Waals surface area contributed by atoms with Crippen molar-refractivity contribution in [1.29, 1.82) is 0 Å². The number of benzene rings is 4. The predicted octanol–water partition coefficient (Wildman–Crippen LogP) is 5.74. The Kier molecular flexibility index (Phi) is 6.23. The highest BCUT2D eigenvalue weighted by atomic mass is 16.5. The van der Waals surface area contributed by atoms with Gasteiger partial charge in [-0.3, -0.25) is 9.59 Å². The van der Waals surface area contributed by atoms with Crippen LogP contribution in [0.1, 0.15) is 0 Å². The third-order valence-electron chi connectivity index (χ3n) is 6.86. The molecular weight excluding hydrogens is 544 g/mol. The SMILES string of the molecule is COc1ccc(-c2cc(=O)c3c(O)cc(O)cc3o2)cc1-c1c(OC)cc(O)c2c(=O)cc(-c3ccc(O)cc3)oc12. The van der Waals surface area contributed by atoms with Crippen molar-refractivity contribution < 1.29 is 38.7 Å². The normalized spacial score (nSPS) is 11.2. The van der Waals surface area contributed by atoms with Crippen molar-refractivity contribution in [3.63, 3.8) is 0 Å². The summed E-state index contributed by atoms with van der Waals surface area (Å²) in [5.41, 5.74) is 0.509. The van der Waals surface area contributed by atoms with Crippen LogP contribution in [-0.4, -0.2) is 34.6 Å². The molecule has 0 fully saturated rings. The molecule has 2 aromatic heterocycles. The number of phenolic OH excluding ortho intramolecular Hbond substituents is 4. The lowest BCUT2D eigenvalue weighted by atomic mass is 9.96. The van der Waals surface area contributed by atoms with Gasteiger partial charge in [0.05, 0.1) is 19.8 Å². The van der Waals surface area contributed by atoms with Crippen molar-refractivity contribution in [3.8, 4) is 68.3 Å². The Morgan fingerprint density at radius 1 is 0.595 bits per heavy atom. The topological polar surface area (TPSA) is 160 Å². The van der Waals surface area contributed by atoms with E-state index in [0.717, 1.165) is 6.07 Å². The second kappa shape index (κ2) is 9.93. The zero-order chi connectivity index (χ0) is 29.7. The minimum absolute atomic E-state index is 0.00711. The Morgan fingerprint density at radius 3 is 1.90 bits per heavy atom. The van der Waals surface area contributed by atoms with Gasteiger partial charge in [0, 0.05) is 47.0 Å². The summed E-state index contributed by atoms with van der Waals surface area (Å²) in [5, 5.41) is 40.4. The van der Waals surface area contributed by atoms with Crippen LogP contribution >= 0.6 is 0 Å². The van der Waals surface area contributed by atoms with Crippen LogP contribution in [-0.2, 0) is 0 Å².